The summed E-state index contributed by atoms with van der Waals surface area (Å²) in [4.78, 5) is 22.8. The number of ether oxygens (including phenoxy) is 1. The van der Waals surface area contributed by atoms with E-state index in [0.717, 1.165) is 0 Å². The number of esters is 1. The summed E-state index contributed by atoms with van der Waals surface area (Å²) in [5.74, 6) is -1.49. The second kappa shape index (κ2) is 5.26. The fourth-order valence-electron chi connectivity index (χ4n) is 2.30. The Morgan fingerprint density at radius 3 is 2.29 bits per heavy atom. The van der Waals surface area contributed by atoms with Crippen molar-refractivity contribution in [1.82, 2.24) is 0 Å². The molecule has 6 heteroatoms. The number of aromatic hydroxyl groups is 2. The van der Waals surface area contributed by atoms with Crippen molar-refractivity contribution in [1.29, 1.82) is 0 Å². The van der Waals surface area contributed by atoms with Crippen LogP contribution in [0, 0.1) is 6.92 Å². The van der Waals surface area contributed by atoms with E-state index < -0.39 is 5.97 Å². The van der Waals surface area contributed by atoms with Crippen molar-refractivity contribution in [2.45, 2.75) is 20.8 Å². The average Bonchev–Trinajstić information content (AvgIpc) is 2.37. The van der Waals surface area contributed by atoms with Crippen LogP contribution in [0.2, 0.25) is 5.02 Å². The number of fused-ring (bicyclic) bond motifs is 1. The van der Waals surface area contributed by atoms with Crippen molar-refractivity contribution in [2.75, 3.05) is 0 Å². The monoisotopic (exact) mass is 308 g/mol. The predicted molar refractivity (Wildman–Crippen MR) is 78.3 cm³/mol. The van der Waals surface area contributed by atoms with Gasteiger partial charge in [0.05, 0.1) is 21.4 Å². The van der Waals surface area contributed by atoms with E-state index in [4.69, 9.17) is 16.3 Å². The molecular formula is C15H13ClO5. The van der Waals surface area contributed by atoms with E-state index in [9.17, 15) is 19.8 Å². The Morgan fingerprint density at radius 2 is 1.76 bits per heavy atom. The fraction of sp³-hybridized carbons (Fsp3) is 0.200. The highest BCUT2D eigenvalue weighted by atomic mass is 35.5. The largest absolute Gasteiger partial charge is 0.507 e. The molecule has 0 fully saturated rings. The zero-order valence-corrected chi connectivity index (χ0v) is 12.4. The topological polar surface area (TPSA) is 83.8 Å². The summed E-state index contributed by atoms with van der Waals surface area (Å²) in [5, 5.41) is 20.6. The molecule has 110 valence electrons. The van der Waals surface area contributed by atoms with Gasteiger partial charge in [-0.05, 0) is 31.5 Å². The van der Waals surface area contributed by atoms with E-state index in [1.165, 1.54) is 26.0 Å². The Kier molecular flexibility index (Phi) is 3.78. The summed E-state index contributed by atoms with van der Waals surface area (Å²) in [7, 11) is 0. The molecule has 0 saturated heterocycles. The van der Waals surface area contributed by atoms with Crippen LogP contribution >= 0.6 is 11.6 Å². The predicted octanol–water partition coefficient (Wildman–Crippen LogP) is 3.34. The van der Waals surface area contributed by atoms with Crippen molar-refractivity contribution in [3.63, 3.8) is 0 Å². The van der Waals surface area contributed by atoms with Crippen LogP contribution in [0.1, 0.15) is 29.8 Å². The van der Waals surface area contributed by atoms with Crippen LogP contribution < -0.4 is 4.74 Å². The van der Waals surface area contributed by atoms with E-state index in [1.54, 1.807) is 6.92 Å². The highest BCUT2D eigenvalue weighted by Gasteiger charge is 2.23. The minimum Gasteiger partial charge on any atom is -0.507 e. The molecule has 2 rings (SSSR count). The van der Waals surface area contributed by atoms with Gasteiger partial charge in [0, 0.05) is 6.92 Å². The number of hydrogen-bond donors (Lipinski definition) is 2. The zero-order valence-electron chi connectivity index (χ0n) is 11.7. The number of carbonyl (C=O) groups is 2. The van der Waals surface area contributed by atoms with Gasteiger partial charge >= 0.3 is 5.97 Å². The molecule has 0 aliphatic heterocycles. The lowest BCUT2D eigenvalue weighted by atomic mass is 9.96. The Hall–Kier alpha value is -2.27. The van der Waals surface area contributed by atoms with Gasteiger partial charge in [0.15, 0.2) is 5.78 Å². The Balaban J connectivity index is 3.01. The van der Waals surface area contributed by atoms with Gasteiger partial charge in [-0.3, -0.25) is 9.59 Å². The minimum absolute atomic E-state index is 0.0189. The molecule has 5 nitrogen and oxygen atoms in total. The third-order valence-electron chi connectivity index (χ3n) is 3.15. The molecule has 2 N–H and O–H groups in total. The van der Waals surface area contributed by atoms with Crippen molar-refractivity contribution in [3.05, 3.63) is 28.3 Å². The summed E-state index contributed by atoms with van der Waals surface area (Å²) in [6.45, 7) is 4.08. The summed E-state index contributed by atoms with van der Waals surface area (Å²) >= 11 is 6.24. The quantitative estimate of drug-likeness (QED) is 0.505. The first-order chi connectivity index (χ1) is 9.75. The first kappa shape index (κ1) is 15.1. The SMILES string of the molecule is CC(=O)Oc1ccc(O)c2c(O)c(C(C)=O)c(C)c(Cl)c12. The van der Waals surface area contributed by atoms with Crippen LogP contribution in [0.3, 0.4) is 0 Å². The van der Waals surface area contributed by atoms with Crippen molar-refractivity contribution in [2.24, 2.45) is 0 Å². The highest BCUT2D eigenvalue weighted by molar-refractivity contribution is 6.38. The maximum atomic E-state index is 11.7. The number of halogens is 1. The lowest BCUT2D eigenvalue weighted by molar-refractivity contribution is -0.131. The molecule has 0 bridgehead atoms. The molecule has 0 atom stereocenters. The molecule has 0 aliphatic carbocycles. The molecule has 0 unspecified atom stereocenters. The van der Waals surface area contributed by atoms with Crippen molar-refractivity contribution < 1.29 is 24.5 Å². The van der Waals surface area contributed by atoms with Gasteiger partial charge in [-0.25, -0.2) is 0 Å². The van der Waals surface area contributed by atoms with E-state index in [1.807, 2.05) is 0 Å². The maximum Gasteiger partial charge on any atom is 0.308 e. The van der Waals surface area contributed by atoms with Gasteiger partial charge in [-0.1, -0.05) is 11.6 Å². The second-order valence-electron chi connectivity index (χ2n) is 4.65. The molecule has 0 amide bonds. The Bertz CT molecular complexity index is 780. The van der Waals surface area contributed by atoms with Gasteiger partial charge < -0.3 is 14.9 Å². The molecular weight excluding hydrogens is 296 g/mol. The van der Waals surface area contributed by atoms with Crippen LogP contribution in [-0.4, -0.2) is 22.0 Å². The Labute approximate surface area is 125 Å². The zero-order chi connectivity index (χ0) is 15.9. The van der Waals surface area contributed by atoms with Gasteiger partial charge in [0.1, 0.15) is 17.2 Å². The Morgan fingerprint density at radius 1 is 1.14 bits per heavy atom. The summed E-state index contributed by atoms with van der Waals surface area (Å²) < 4.78 is 5.04. The number of rotatable bonds is 2. The third kappa shape index (κ3) is 2.40. The van der Waals surface area contributed by atoms with Crippen LogP contribution in [0.25, 0.3) is 10.8 Å². The molecule has 0 aliphatic rings. The maximum absolute atomic E-state index is 11.7. The average molecular weight is 309 g/mol. The fourth-order valence-corrected chi connectivity index (χ4v) is 2.58. The first-order valence-corrected chi connectivity index (χ1v) is 6.49. The van der Waals surface area contributed by atoms with Gasteiger partial charge in [0.2, 0.25) is 0 Å². The molecule has 0 heterocycles. The summed E-state index contributed by atoms with van der Waals surface area (Å²) in [6, 6.07) is 2.63. The van der Waals surface area contributed by atoms with Crippen LogP contribution in [0.4, 0.5) is 0 Å². The normalized spacial score (nSPS) is 10.7. The van der Waals surface area contributed by atoms with Crippen LogP contribution in [0.5, 0.6) is 17.2 Å². The lowest BCUT2D eigenvalue weighted by Gasteiger charge is -2.15. The molecule has 2 aromatic carbocycles. The number of hydrogen-bond acceptors (Lipinski definition) is 5. The van der Waals surface area contributed by atoms with E-state index in [0.29, 0.717) is 5.56 Å². The van der Waals surface area contributed by atoms with Crippen LogP contribution in [-0.2, 0) is 4.79 Å². The van der Waals surface area contributed by atoms with E-state index >= 15 is 0 Å². The number of phenolic OH excluding ortho intramolecular Hbond substituents is 2. The standard InChI is InChI=1S/C15H13ClO5/c1-6-11(7(2)17)15(20)12-9(19)4-5-10(21-8(3)18)13(12)14(6)16/h4-5,19-20H,1-3H3. The molecule has 2 aromatic rings. The number of carbonyl (C=O) groups excluding carboxylic acids is 2. The smallest absolute Gasteiger partial charge is 0.308 e. The molecule has 0 spiro atoms. The number of phenols is 2. The van der Waals surface area contributed by atoms with E-state index in [2.05, 4.69) is 0 Å². The number of Topliss-reactive ketones (excluding diaryl/α,β-unsaturated/α-hetero) is 1. The molecule has 0 saturated carbocycles. The van der Waals surface area contributed by atoms with Crippen molar-refractivity contribution in [3.8, 4) is 17.2 Å². The lowest BCUT2D eigenvalue weighted by Crippen LogP contribution is -2.04. The third-order valence-corrected chi connectivity index (χ3v) is 3.62. The number of ketones is 1. The molecule has 21 heavy (non-hydrogen) atoms. The van der Waals surface area contributed by atoms with Crippen molar-refractivity contribution >= 4 is 34.1 Å². The first-order valence-electron chi connectivity index (χ1n) is 6.11. The summed E-state index contributed by atoms with van der Waals surface area (Å²) in [6.07, 6.45) is 0. The second-order valence-corrected chi connectivity index (χ2v) is 5.02. The van der Waals surface area contributed by atoms with Gasteiger partial charge in [0.25, 0.3) is 0 Å². The van der Waals surface area contributed by atoms with Gasteiger partial charge in [-0.15, -0.1) is 0 Å². The minimum atomic E-state index is -0.564. The molecule has 0 aromatic heterocycles. The summed E-state index contributed by atoms with van der Waals surface area (Å²) in [5.41, 5.74) is 0.385. The van der Waals surface area contributed by atoms with Gasteiger partial charge in [-0.2, -0.15) is 0 Å². The van der Waals surface area contributed by atoms with Crippen LogP contribution in [0.15, 0.2) is 12.1 Å². The highest BCUT2D eigenvalue weighted by Crippen LogP contribution is 2.46. The molecule has 0 radical (unpaired) electrons. The van der Waals surface area contributed by atoms with E-state index in [-0.39, 0.29) is 44.4 Å². The number of benzene rings is 2.